The zero-order chi connectivity index (χ0) is 16.1. The van der Waals surface area contributed by atoms with Crippen molar-refractivity contribution < 1.29 is 28.6 Å². The molecule has 1 aliphatic rings. The van der Waals surface area contributed by atoms with Crippen molar-refractivity contribution in [3.8, 4) is 11.5 Å². The molecule has 0 bridgehead atoms. The highest BCUT2D eigenvalue weighted by atomic mass is 16.5. The largest absolute Gasteiger partial charge is 0.493 e. The molecule has 0 spiro atoms. The van der Waals surface area contributed by atoms with Crippen LogP contribution in [-0.4, -0.2) is 50.1 Å². The topological polar surface area (TPSA) is 82.1 Å². The van der Waals surface area contributed by atoms with E-state index in [-0.39, 0.29) is 11.5 Å². The Balaban J connectivity index is 1.97. The van der Waals surface area contributed by atoms with Crippen molar-refractivity contribution in [3.63, 3.8) is 0 Å². The summed E-state index contributed by atoms with van der Waals surface area (Å²) in [6.07, 6.45) is 1.00. The van der Waals surface area contributed by atoms with Crippen molar-refractivity contribution in [1.82, 2.24) is 4.90 Å². The fourth-order valence-electron chi connectivity index (χ4n) is 2.16. The molecule has 0 atom stereocenters. The monoisotopic (exact) mass is 307 g/mol. The summed E-state index contributed by atoms with van der Waals surface area (Å²) in [5.41, 5.74) is 0.234. The normalized spacial score (nSPS) is 13.9. The van der Waals surface area contributed by atoms with E-state index in [9.17, 15) is 14.4 Å². The lowest BCUT2D eigenvalue weighted by molar-refractivity contribution is -0.143. The van der Waals surface area contributed by atoms with Gasteiger partial charge in [-0.05, 0) is 24.6 Å². The fourth-order valence-corrected chi connectivity index (χ4v) is 2.16. The zero-order valence-corrected chi connectivity index (χ0v) is 12.5. The van der Waals surface area contributed by atoms with Crippen LogP contribution in [0.1, 0.15) is 23.2 Å². The van der Waals surface area contributed by atoms with Crippen LogP contribution in [-0.2, 0) is 14.3 Å². The Labute approximate surface area is 127 Å². The predicted octanol–water partition coefficient (Wildman–Crippen LogP) is 1.01. The van der Waals surface area contributed by atoms with Crippen molar-refractivity contribution in [2.45, 2.75) is 12.8 Å². The number of esters is 1. The minimum atomic E-state index is -0.666. The van der Waals surface area contributed by atoms with Crippen molar-refractivity contribution in [2.75, 3.05) is 27.4 Å². The van der Waals surface area contributed by atoms with Crippen molar-refractivity contribution >= 4 is 17.8 Å². The van der Waals surface area contributed by atoms with Crippen LogP contribution in [0.3, 0.4) is 0 Å². The summed E-state index contributed by atoms with van der Waals surface area (Å²) in [6, 6.07) is 4.54. The zero-order valence-electron chi connectivity index (χ0n) is 12.5. The van der Waals surface area contributed by atoms with Gasteiger partial charge in [0.25, 0.3) is 5.91 Å². The first-order chi connectivity index (χ1) is 10.6. The summed E-state index contributed by atoms with van der Waals surface area (Å²) in [6.45, 7) is -0.0789. The summed E-state index contributed by atoms with van der Waals surface area (Å²) < 4.78 is 15.1. The summed E-state index contributed by atoms with van der Waals surface area (Å²) >= 11 is 0. The van der Waals surface area contributed by atoms with E-state index < -0.39 is 18.5 Å². The van der Waals surface area contributed by atoms with Gasteiger partial charge in [0.15, 0.2) is 18.1 Å². The first-order valence-corrected chi connectivity index (χ1v) is 6.79. The molecule has 1 aromatic carbocycles. The van der Waals surface area contributed by atoms with Gasteiger partial charge >= 0.3 is 5.97 Å². The fraction of sp³-hybridized carbons (Fsp3) is 0.400. The molecule has 1 saturated heterocycles. The summed E-state index contributed by atoms with van der Waals surface area (Å²) in [7, 11) is 2.94. The SMILES string of the molecule is COc1ccc(C(=O)OCC(=O)N2CCCC2=O)cc1OC. The van der Waals surface area contributed by atoms with Gasteiger partial charge in [-0.25, -0.2) is 4.79 Å². The third kappa shape index (κ3) is 3.36. The average molecular weight is 307 g/mol. The Morgan fingerprint density at radius 3 is 2.50 bits per heavy atom. The molecular formula is C15H17NO6. The average Bonchev–Trinajstić information content (AvgIpc) is 2.97. The number of methoxy groups -OCH3 is 2. The molecule has 0 unspecified atom stereocenters. The Kier molecular flexibility index (Phi) is 4.98. The Bertz CT molecular complexity index is 598. The summed E-state index contributed by atoms with van der Waals surface area (Å²) in [5.74, 6) is -0.528. The minimum Gasteiger partial charge on any atom is -0.493 e. The summed E-state index contributed by atoms with van der Waals surface area (Å²) in [4.78, 5) is 36.3. The molecule has 22 heavy (non-hydrogen) atoms. The maximum Gasteiger partial charge on any atom is 0.338 e. The van der Waals surface area contributed by atoms with Crippen LogP contribution in [0.25, 0.3) is 0 Å². The molecular weight excluding hydrogens is 290 g/mol. The smallest absolute Gasteiger partial charge is 0.338 e. The molecule has 1 aliphatic heterocycles. The molecule has 0 N–H and O–H groups in total. The minimum absolute atomic E-state index is 0.229. The Morgan fingerprint density at radius 2 is 1.91 bits per heavy atom. The molecule has 2 amide bonds. The number of hydrogen-bond donors (Lipinski definition) is 0. The van der Waals surface area contributed by atoms with E-state index in [0.29, 0.717) is 30.9 Å². The van der Waals surface area contributed by atoms with Gasteiger partial charge in [0, 0.05) is 13.0 Å². The number of carbonyl (C=O) groups is 3. The van der Waals surface area contributed by atoms with Crippen LogP contribution in [0.5, 0.6) is 11.5 Å². The maximum atomic E-state index is 11.9. The number of ether oxygens (including phenoxy) is 3. The molecule has 7 heteroatoms. The molecule has 0 saturated carbocycles. The third-order valence-corrected chi connectivity index (χ3v) is 3.32. The van der Waals surface area contributed by atoms with Crippen molar-refractivity contribution in [1.29, 1.82) is 0 Å². The van der Waals surface area contributed by atoms with E-state index in [2.05, 4.69) is 0 Å². The number of likely N-dealkylation sites (tertiary alicyclic amines) is 1. The quantitative estimate of drug-likeness (QED) is 0.755. The van der Waals surface area contributed by atoms with E-state index in [1.165, 1.54) is 26.4 Å². The number of nitrogens with zero attached hydrogens (tertiary/aromatic N) is 1. The first kappa shape index (κ1) is 15.8. The Hall–Kier alpha value is -2.57. The van der Waals surface area contributed by atoms with Crippen molar-refractivity contribution in [2.24, 2.45) is 0 Å². The highest BCUT2D eigenvalue weighted by molar-refractivity contribution is 5.98. The highest BCUT2D eigenvalue weighted by Crippen LogP contribution is 2.27. The second kappa shape index (κ2) is 6.93. The van der Waals surface area contributed by atoms with Gasteiger partial charge in [-0.3, -0.25) is 14.5 Å². The molecule has 0 aromatic heterocycles. The molecule has 7 nitrogen and oxygen atoms in total. The van der Waals surface area contributed by atoms with E-state index in [1.54, 1.807) is 6.07 Å². The van der Waals surface area contributed by atoms with E-state index >= 15 is 0 Å². The van der Waals surface area contributed by atoms with Gasteiger partial charge < -0.3 is 14.2 Å². The van der Waals surface area contributed by atoms with Crippen LogP contribution >= 0.6 is 0 Å². The number of imide groups is 1. The standard InChI is InChI=1S/C15H17NO6/c1-20-11-6-5-10(8-12(11)21-2)15(19)22-9-14(18)16-7-3-4-13(16)17/h5-6,8H,3-4,7,9H2,1-2H3. The number of hydrogen-bond acceptors (Lipinski definition) is 6. The van der Waals surface area contributed by atoms with Gasteiger partial charge in [-0.15, -0.1) is 0 Å². The van der Waals surface area contributed by atoms with Crippen LogP contribution in [0.2, 0.25) is 0 Å². The van der Waals surface area contributed by atoms with Crippen LogP contribution in [0, 0.1) is 0 Å². The Morgan fingerprint density at radius 1 is 1.18 bits per heavy atom. The number of benzene rings is 1. The lowest BCUT2D eigenvalue weighted by Crippen LogP contribution is -2.35. The van der Waals surface area contributed by atoms with Crippen LogP contribution in [0.4, 0.5) is 0 Å². The van der Waals surface area contributed by atoms with Gasteiger partial charge in [0.2, 0.25) is 5.91 Å². The van der Waals surface area contributed by atoms with Crippen LogP contribution in [0.15, 0.2) is 18.2 Å². The molecule has 118 valence electrons. The molecule has 0 radical (unpaired) electrons. The van der Waals surface area contributed by atoms with Gasteiger partial charge in [-0.2, -0.15) is 0 Å². The van der Waals surface area contributed by atoms with Gasteiger partial charge in [-0.1, -0.05) is 0 Å². The predicted molar refractivity (Wildman–Crippen MR) is 75.8 cm³/mol. The van der Waals surface area contributed by atoms with E-state index in [4.69, 9.17) is 14.2 Å². The molecule has 1 heterocycles. The van der Waals surface area contributed by atoms with E-state index in [1.807, 2.05) is 0 Å². The first-order valence-electron chi connectivity index (χ1n) is 6.79. The molecule has 1 aromatic rings. The van der Waals surface area contributed by atoms with Gasteiger partial charge in [0.05, 0.1) is 19.8 Å². The van der Waals surface area contributed by atoms with Crippen LogP contribution < -0.4 is 9.47 Å². The number of carbonyl (C=O) groups excluding carboxylic acids is 3. The number of rotatable bonds is 5. The highest BCUT2D eigenvalue weighted by Gasteiger charge is 2.27. The van der Waals surface area contributed by atoms with E-state index in [0.717, 1.165) is 4.90 Å². The van der Waals surface area contributed by atoms with Crippen molar-refractivity contribution in [3.05, 3.63) is 23.8 Å². The second-order valence-electron chi connectivity index (χ2n) is 4.69. The second-order valence-corrected chi connectivity index (χ2v) is 4.69. The maximum absolute atomic E-state index is 11.9. The number of amides is 2. The molecule has 0 aliphatic carbocycles. The molecule has 2 rings (SSSR count). The molecule has 1 fully saturated rings. The lowest BCUT2D eigenvalue weighted by Gasteiger charge is -2.13. The van der Waals surface area contributed by atoms with Gasteiger partial charge in [0.1, 0.15) is 0 Å². The third-order valence-electron chi connectivity index (χ3n) is 3.32. The lowest BCUT2D eigenvalue weighted by atomic mass is 10.2. The summed E-state index contributed by atoms with van der Waals surface area (Å²) in [5, 5.41) is 0.